The molecule has 1 amide bonds. The summed E-state index contributed by atoms with van der Waals surface area (Å²) in [6, 6.07) is 2.21. The molecule has 1 atom stereocenters. The minimum Gasteiger partial charge on any atom is -0.496 e. The van der Waals surface area contributed by atoms with Gasteiger partial charge in [-0.3, -0.25) is 4.79 Å². The number of likely N-dealkylation sites (tertiary alicyclic amines) is 1. The molecule has 0 spiro atoms. The molecule has 1 aliphatic heterocycles. The number of carbonyl (C=O) groups is 1. The predicted octanol–water partition coefficient (Wildman–Crippen LogP) is 2.99. The number of piperidine rings is 1. The van der Waals surface area contributed by atoms with Crippen molar-refractivity contribution in [3.63, 3.8) is 0 Å². The van der Waals surface area contributed by atoms with Gasteiger partial charge in [-0.2, -0.15) is 0 Å². The molecule has 2 aliphatic rings. The molecule has 1 heterocycles. The summed E-state index contributed by atoms with van der Waals surface area (Å²) >= 11 is 0. The average molecular weight is 339 g/mol. The maximum atomic E-state index is 14.2. The van der Waals surface area contributed by atoms with E-state index in [0.29, 0.717) is 19.0 Å². The number of rotatable bonds is 5. The van der Waals surface area contributed by atoms with Crippen molar-refractivity contribution < 1.29 is 23.4 Å². The van der Waals surface area contributed by atoms with Gasteiger partial charge in [-0.25, -0.2) is 8.78 Å². The zero-order chi connectivity index (χ0) is 17.3. The van der Waals surface area contributed by atoms with Gasteiger partial charge in [-0.05, 0) is 37.3 Å². The van der Waals surface area contributed by atoms with Crippen LogP contribution in [0, 0.1) is 23.0 Å². The molecule has 1 saturated heterocycles. The predicted molar refractivity (Wildman–Crippen MR) is 84.9 cm³/mol. The highest BCUT2D eigenvalue weighted by molar-refractivity contribution is 5.97. The van der Waals surface area contributed by atoms with Gasteiger partial charge in [0.1, 0.15) is 11.3 Å². The van der Waals surface area contributed by atoms with E-state index in [4.69, 9.17) is 4.74 Å². The number of benzene rings is 1. The average Bonchev–Trinajstić information content (AvgIpc) is 3.40. The highest BCUT2D eigenvalue weighted by atomic mass is 19.2. The van der Waals surface area contributed by atoms with Crippen LogP contribution >= 0.6 is 0 Å². The van der Waals surface area contributed by atoms with Crippen LogP contribution in [0.5, 0.6) is 5.75 Å². The van der Waals surface area contributed by atoms with E-state index in [2.05, 4.69) is 0 Å². The number of amides is 1. The topological polar surface area (TPSA) is 49.8 Å². The van der Waals surface area contributed by atoms with Crippen molar-refractivity contribution in [2.75, 3.05) is 26.8 Å². The lowest BCUT2D eigenvalue weighted by atomic mass is 9.76. The van der Waals surface area contributed by atoms with E-state index in [9.17, 15) is 18.7 Å². The molecular weight excluding hydrogens is 316 g/mol. The molecule has 2 fully saturated rings. The van der Waals surface area contributed by atoms with Crippen LogP contribution < -0.4 is 4.74 Å². The number of hydrogen-bond acceptors (Lipinski definition) is 3. The van der Waals surface area contributed by atoms with Crippen LogP contribution in [-0.4, -0.2) is 42.7 Å². The van der Waals surface area contributed by atoms with E-state index < -0.39 is 17.5 Å². The van der Waals surface area contributed by atoms with Crippen LogP contribution in [0.3, 0.4) is 0 Å². The number of aliphatic hydroxyl groups excluding tert-OH is 1. The quantitative estimate of drug-likeness (QED) is 0.897. The third-order valence-electron chi connectivity index (χ3n) is 5.19. The molecule has 0 aromatic heterocycles. The van der Waals surface area contributed by atoms with Gasteiger partial charge >= 0.3 is 0 Å². The monoisotopic (exact) mass is 339 g/mol. The van der Waals surface area contributed by atoms with Crippen molar-refractivity contribution in [1.29, 1.82) is 0 Å². The first-order chi connectivity index (χ1) is 11.5. The van der Waals surface area contributed by atoms with Crippen molar-refractivity contribution in [3.05, 3.63) is 29.3 Å². The zero-order valence-corrected chi connectivity index (χ0v) is 13.9. The molecule has 6 heteroatoms. The van der Waals surface area contributed by atoms with Gasteiger partial charge in [0.15, 0.2) is 11.6 Å². The maximum absolute atomic E-state index is 14.2. The highest BCUT2D eigenvalue weighted by Gasteiger charge is 2.41. The summed E-state index contributed by atoms with van der Waals surface area (Å²) in [7, 11) is 1.32. The van der Waals surface area contributed by atoms with Crippen LogP contribution in [-0.2, 0) is 0 Å². The molecule has 1 N–H and O–H groups in total. The van der Waals surface area contributed by atoms with Crippen LogP contribution in [0.2, 0.25) is 0 Å². The lowest BCUT2D eigenvalue weighted by Crippen LogP contribution is -2.48. The van der Waals surface area contributed by atoms with Crippen LogP contribution in [0.4, 0.5) is 8.78 Å². The summed E-state index contributed by atoms with van der Waals surface area (Å²) < 4.78 is 32.8. The number of ether oxygens (including phenoxy) is 1. The minimum absolute atomic E-state index is 0.00997. The van der Waals surface area contributed by atoms with Crippen LogP contribution in [0.25, 0.3) is 0 Å². The Labute approximate surface area is 140 Å². The number of aliphatic hydroxyl groups is 1. The van der Waals surface area contributed by atoms with E-state index >= 15 is 0 Å². The second-order valence-electron chi connectivity index (χ2n) is 7.07. The standard InChI is InChI=1S/C18H23F2NO3/c1-24-14-6-5-13(19)16(20)15(14)17(23)21-8-2-7-18(10-21,11-22)9-12-3-4-12/h5-6,12,22H,2-4,7-11H2,1H3/t18-/m1/s1. The molecule has 132 valence electrons. The highest BCUT2D eigenvalue weighted by Crippen LogP contribution is 2.44. The number of carbonyl (C=O) groups excluding carboxylic acids is 1. The first kappa shape index (κ1) is 17.1. The largest absolute Gasteiger partial charge is 0.496 e. The first-order valence-corrected chi connectivity index (χ1v) is 8.42. The van der Waals surface area contributed by atoms with Crippen LogP contribution in [0.1, 0.15) is 42.5 Å². The second-order valence-corrected chi connectivity index (χ2v) is 7.07. The summed E-state index contributed by atoms with van der Waals surface area (Å²) in [6.45, 7) is 0.859. The third-order valence-corrected chi connectivity index (χ3v) is 5.19. The fraction of sp³-hybridized carbons (Fsp3) is 0.611. The van der Waals surface area contributed by atoms with E-state index in [-0.39, 0.29) is 23.3 Å². The molecular formula is C18H23F2NO3. The van der Waals surface area contributed by atoms with E-state index in [1.807, 2.05) is 0 Å². The summed E-state index contributed by atoms with van der Waals surface area (Å²) in [5.74, 6) is -2.17. The van der Waals surface area contributed by atoms with E-state index in [0.717, 1.165) is 25.3 Å². The summed E-state index contributed by atoms with van der Waals surface area (Å²) in [5.41, 5.74) is -0.691. The molecule has 1 aromatic rings. The Morgan fingerprint density at radius 3 is 2.79 bits per heavy atom. The van der Waals surface area contributed by atoms with E-state index in [1.165, 1.54) is 30.9 Å². The molecule has 3 rings (SSSR count). The maximum Gasteiger partial charge on any atom is 0.260 e. The number of nitrogens with zero attached hydrogens (tertiary/aromatic N) is 1. The Bertz CT molecular complexity index is 633. The normalized spacial score (nSPS) is 24.1. The van der Waals surface area contributed by atoms with E-state index in [1.54, 1.807) is 0 Å². The minimum atomic E-state index is -1.18. The molecule has 24 heavy (non-hydrogen) atoms. The lowest BCUT2D eigenvalue weighted by molar-refractivity contribution is 0.0191. The Kier molecular flexibility index (Phi) is 4.76. The Morgan fingerprint density at radius 2 is 2.17 bits per heavy atom. The number of methoxy groups -OCH3 is 1. The van der Waals surface area contributed by atoms with Crippen molar-refractivity contribution in [2.45, 2.75) is 32.1 Å². The van der Waals surface area contributed by atoms with Crippen molar-refractivity contribution in [2.24, 2.45) is 11.3 Å². The van der Waals surface area contributed by atoms with Gasteiger partial charge < -0.3 is 14.7 Å². The molecule has 0 unspecified atom stereocenters. The third kappa shape index (κ3) is 3.24. The molecule has 0 radical (unpaired) electrons. The lowest BCUT2D eigenvalue weighted by Gasteiger charge is -2.42. The van der Waals surface area contributed by atoms with Gasteiger partial charge in [-0.15, -0.1) is 0 Å². The molecule has 1 saturated carbocycles. The van der Waals surface area contributed by atoms with Gasteiger partial charge in [0.25, 0.3) is 5.91 Å². The zero-order valence-electron chi connectivity index (χ0n) is 13.9. The second kappa shape index (κ2) is 6.67. The Morgan fingerprint density at radius 1 is 1.42 bits per heavy atom. The Balaban J connectivity index is 1.85. The number of halogens is 2. The fourth-order valence-corrected chi connectivity index (χ4v) is 3.74. The van der Waals surface area contributed by atoms with Crippen LogP contribution in [0.15, 0.2) is 12.1 Å². The molecule has 1 aliphatic carbocycles. The first-order valence-electron chi connectivity index (χ1n) is 8.42. The number of hydrogen-bond donors (Lipinski definition) is 1. The smallest absolute Gasteiger partial charge is 0.260 e. The fourth-order valence-electron chi connectivity index (χ4n) is 3.74. The van der Waals surface area contributed by atoms with Gasteiger partial charge in [-0.1, -0.05) is 12.8 Å². The molecule has 0 bridgehead atoms. The summed E-state index contributed by atoms with van der Waals surface area (Å²) in [5, 5.41) is 9.89. The van der Waals surface area contributed by atoms with Crippen molar-refractivity contribution in [3.8, 4) is 5.75 Å². The van der Waals surface area contributed by atoms with Gasteiger partial charge in [0.05, 0.1) is 13.7 Å². The summed E-state index contributed by atoms with van der Waals surface area (Å²) in [6.07, 6.45) is 4.82. The van der Waals surface area contributed by atoms with Crippen molar-refractivity contribution >= 4 is 5.91 Å². The van der Waals surface area contributed by atoms with Crippen molar-refractivity contribution in [1.82, 2.24) is 4.90 Å². The van der Waals surface area contributed by atoms with Gasteiger partial charge in [0, 0.05) is 18.5 Å². The van der Waals surface area contributed by atoms with Gasteiger partial charge in [0.2, 0.25) is 0 Å². The molecule has 1 aromatic carbocycles. The summed E-state index contributed by atoms with van der Waals surface area (Å²) in [4.78, 5) is 14.3. The SMILES string of the molecule is COc1ccc(F)c(F)c1C(=O)N1CCC[C@@](CO)(CC2CC2)C1. The Hall–Kier alpha value is -1.69. The molecule has 4 nitrogen and oxygen atoms in total.